The molecule has 2 aromatic carbocycles. The van der Waals surface area contributed by atoms with Crippen LogP contribution in [0, 0.1) is 0 Å². The topological polar surface area (TPSA) is 69.6 Å². The zero-order valence-electron chi connectivity index (χ0n) is 13.7. The lowest BCUT2D eigenvalue weighted by Gasteiger charge is -2.36. The monoisotopic (exact) mass is 324 g/mol. The molecule has 124 valence electrons. The Morgan fingerprint density at radius 3 is 2.75 bits per heavy atom. The Morgan fingerprint density at radius 1 is 1.29 bits per heavy atom. The number of phenolic OH excluding ortho intramolecular Hbond substituents is 1. The van der Waals surface area contributed by atoms with Gasteiger partial charge in [0.25, 0.3) is 5.91 Å². The van der Waals surface area contributed by atoms with Crippen LogP contribution in [-0.2, 0) is 6.42 Å². The maximum Gasteiger partial charge on any atom is 0.257 e. The van der Waals surface area contributed by atoms with Gasteiger partial charge in [0.2, 0.25) is 0 Å². The molecule has 2 aromatic rings. The van der Waals surface area contributed by atoms with Crippen LogP contribution in [-0.4, -0.2) is 29.2 Å². The molecule has 24 heavy (non-hydrogen) atoms. The van der Waals surface area contributed by atoms with Gasteiger partial charge < -0.3 is 15.3 Å². The number of rotatable bonds is 4. The highest BCUT2D eigenvalue weighted by Crippen LogP contribution is 2.35. The lowest BCUT2D eigenvalue weighted by atomic mass is 9.97. The fourth-order valence-electron chi connectivity index (χ4n) is 3.11. The second-order valence-electron chi connectivity index (χ2n) is 5.99. The second kappa shape index (κ2) is 6.35. The third-order valence-corrected chi connectivity index (χ3v) is 4.36. The van der Waals surface area contributed by atoms with Crippen LogP contribution < -0.4 is 5.32 Å². The van der Waals surface area contributed by atoms with E-state index in [1.165, 1.54) is 0 Å². The lowest BCUT2D eigenvalue weighted by molar-refractivity contribution is 0.0735. The molecule has 1 aliphatic rings. The standard InChI is InChI=1S/C19H20N2O3/c1-3-6-12-9-13(10-14(11-22)17(12)23)18-20-16-8-5-4-7-15(16)19(24)21(18)2/h4-5,7-11,18,20,23H,3,6H2,1-2H3. The number of benzene rings is 2. The number of aldehydes is 1. The summed E-state index contributed by atoms with van der Waals surface area (Å²) in [6.45, 7) is 2.01. The average molecular weight is 324 g/mol. The predicted octanol–water partition coefficient (Wildman–Crippen LogP) is 3.35. The summed E-state index contributed by atoms with van der Waals surface area (Å²) in [5.74, 6) is -0.0482. The van der Waals surface area contributed by atoms with Gasteiger partial charge >= 0.3 is 0 Å². The number of aromatic hydroxyl groups is 1. The van der Waals surface area contributed by atoms with Gasteiger partial charge in [-0.3, -0.25) is 9.59 Å². The SMILES string of the molecule is CCCc1cc(C2Nc3ccccc3C(=O)N2C)cc(C=O)c1O. The van der Waals surface area contributed by atoms with E-state index in [2.05, 4.69) is 5.32 Å². The van der Waals surface area contributed by atoms with E-state index in [9.17, 15) is 14.7 Å². The minimum absolute atomic E-state index is 0.0285. The molecule has 0 saturated carbocycles. The summed E-state index contributed by atoms with van der Waals surface area (Å²) in [5, 5.41) is 13.5. The first-order valence-electron chi connectivity index (χ1n) is 8.00. The number of anilines is 1. The zero-order chi connectivity index (χ0) is 17.3. The Kier molecular flexibility index (Phi) is 4.25. The number of carbonyl (C=O) groups excluding carboxylic acids is 2. The number of para-hydroxylation sites is 1. The van der Waals surface area contributed by atoms with Gasteiger partial charge in [-0.1, -0.05) is 25.5 Å². The minimum Gasteiger partial charge on any atom is -0.507 e. The number of carbonyl (C=O) groups is 2. The fraction of sp³-hybridized carbons (Fsp3) is 0.263. The van der Waals surface area contributed by atoms with E-state index in [1.54, 1.807) is 24.1 Å². The Labute approximate surface area is 140 Å². The first-order chi connectivity index (χ1) is 11.6. The van der Waals surface area contributed by atoms with Crippen LogP contribution >= 0.6 is 0 Å². The summed E-state index contributed by atoms with van der Waals surface area (Å²) >= 11 is 0. The zero-order valence-corrected chi connectivity index (χ0v) is 13.7. The summed E-state index contributed by atoms with van der Waals surface area (Å²) < 4.78 is 0. The van der Waals surface area contributed by atoms with Crippen LogP contribution in [0.4, 0.5) is 5.69 Å². The van der Waals surface area contributed by atoms with Crippen LogP contribution in [0.3, 0.4) is 0 Å². The first kappa shape index (κ1) is 16.1. The van der Waals surface area contributed by atoms with Crippen molar-refractivity contribution in [3.8, 4) is 5.75 Å². The van der Waals surface area contributed by atoms with Gasteiger partial charge in [-0.05, 0) is 41.8 Å². The number of hydrogen-bond donors (Lipinski definition) is 2. The number of hydrogen-bond acceptors (Lipinski definition) is 4. The maximum absolute atomic E-state index is 12.6. The normalized spacial score (nSPS) is 16.5. The van der Waals surface area contributed by atoms with Gasteiger partial charge in [0, 0.05) is 12.7 Å². The molecule has 1 aliphatic heterocycles. The van der Waals surface area contributed by atoms with Crippen molar-refractivity contribution in [3.63, 3.8) is 0 Å². The molecular formula is C19H20N2O3. The van der Waals surface area contributed by atoms with Gasteiger partial charge in [-0.15, -0.1) is 0 Å². The quantitative estimate of drug-likeness (QED) is 0.846. The molecule has 1 amide bonds. The highest BCUT2D eigenvalue weighted by molar-refractivity contribution is 6.01. The van der Waals surface area contributed by atoms with Crippen LogP contribution in [0.2, 0.25) is 0 Å². The van der Waals surface area contributed by atoms with Crippen molar-refractivity contribution >= 4 is 17.9 Å². The van der Waals surface area contributed by atoms with Gasteiger partial charge in [-0.25, -0.2) is 0 Å². The molecule has 0 spiro atoms. The highest BCUT2D eigenvalue weighted by Gasteiger charge is 2.30. The Bertz CT molecular complexity index is 801. The summed E-state index contributed by atoms with van der Waals surface area (Å²) in [5.41, 5.74) is 3.14. The van der Waals surface area contributed by atoms with Crippen molar-refractivity contribution in [1.82, 2.24) is 4.90 Å². The molecule has 0 radical (unpaired) electrons. The molecule has 0 saturated heterocycles. The van der Waals surface area contributed by atoms with E-state index >= 15 is 0 Å². The van der Waals surface area contributed by atoms with E-state index < -0.39 is 0 Å². The van der Waals surface area contributed by atoms with Crippen molar-refractivity contribution in [2.75, 3.05) is 12.4 Å². The molecule has 0 aromatic heterocycles. The van der Waals surface area contributed by atoms with Crippen LogP contribution in [0.15, 0.2) is 36.4 Å². The average Bonchev–Trinajstić information content (AvgIpc) is 2.60. The molecule has 5 nitrogen and oxygen atoms in total. The number of phenols is 1. The molecule has 1 atom stereocenters. The van der Waals surface area contributed by atoms with Crippen molar-refractivity contribution in [1.29, 1.82) is 0 Å². The van der Waals surface area contributed by atoms with Crippen LogP contribution in [0.1, 0.15) is 51.4 Å². The van der Waals surface area contributed by atoms with Gasteiger partial charge in [0.05, 0.1) is 11.1 Å². The number of fused-ring (bicyclic) bond motifs is 1. The second-order valence-corrected chi connectivity index (χ2v) is 5.99. The maximum atomic E-state index is 12.6. The van der Waals surface area contributed by atoms with E-state index in [0.717, 1.165) is 23.2 Å². The molecule has 3 rings (SSSR count). The number of amides is 1. The fourth-order valence-corrected chi connectivity index (χ4v) is 3.11. The van der Waals surface area contributed by atoms with Crippen LogP contribution in [0.5, 0.6) is 5.75 Å². The largest absolute Gasteiger partial charge is 0.507 e. The molecule has 0 fully saturated rings. The molecule has 1 heterocycles. The summed E-state index contributed by atoms with van der Waals surface area (Å²) in [7, 11) is 1.73. The van der Waals surface area contributed by atoms with E-state index in [4.69, 9.17) is 0 Å². The summed E-state index contributed by atoms with van der Waals surface area (Å²) in [6, 6.07) is 10.8. The van der Waals surface area contributed by atoms with Gasteiger partial charge in [-0.2, -0.15) is 0 Å². The first-order valence-corrected chi connectivity index (χ1v) is 8.00. The van der Waals surface area contributed by atoms with Gasteiger partial charge in [0.15, 0.2) is 6.29 Å². The predicted molar refractivity (Wildman–Crippen MR) is 92.4 cm³/mol. The van der Waals surface area contributed by atoms with E-state index in [1.807, 2.05) is 31.2 Å². The highest BCUT2D eigenvalue weighted by atomic mass is 16.3. The molecular weight excluding hydrogens is 304 g/mol. The third kappa shape index (κ3) is 2.62. The van der Waals surface area contributed by atoms with E-state index in [0.29, 0.717) is 18.3 Å². The van der Waals surface area contributed by atoms with E-state index in [-0.39, 0.29) is 23.4 Å². The van der Waals surface area contributed by atoms with Crippen molar-refractivity contribution in [2.24, 2.45) is 0 Å². The number of aryl methyl sites for hydroxylation is 1. The molecule has 5 heteroatoms. The van der Waals surface area contributed by atoms with Crippen LogP contribution in [0.25, 0.3) is 0 Å². The smallest absolute Gasteiger partial charge is 0.257 e. The molecule has 0 aliphatic carbocycles. The Hall–Kier alpha value is -2.82. The lowest BCUT2D eigenvalue weighted by Crippen LogP contribution is -2.40. The third-order valence-electron chi connectivity index (χ3n) is 4.36. The minimum atomic E-state index is -0.387. The van der Waals surface area contributed by atoms with Crippen molar-refractivity contribution < 1.29 is 14.7 Å². The Morgan fingerprint density at radius 2 is 2.04 bits per heavy atom. The number of nitrogens with zero attached hydrogens (tertiary/aromatic N) is 1. The Balaban J connectivity index is 2.07. The summed E-state index contributed by atoms with van der Waals surface area (Å²) in [6.07, 6.45) is 1.78. The summed E-state index contributed by atoms with van der Waals surface area (Å²) in [4.78, 5) is 25.5. The number of nitrogens with one attached hydrogen (secondary N) is 1. The van der Waals surface area contributed by atoms with Crippen molar-refractivity contribution in [3.05, 3.63) is 58.7 Å². The molecule has 2 N–H and O–H groups in total. The molecule has 0 bridgehead atoms. The molecule has 1 unspecified atom stereocenters. The van der Waals surface area contributed by atoms with Gasteiger partial charge in [0.1, 0.15) is 11.9 Å². The van der Waals surface area contributed by atoms with Crippen molar-refractivity contribution in [2.45, 2.75) is 25.9 Å².